The van der Waals surface area contributed by atoms with Crippen LogP contribution in [0.1, 0.15) is 19.8 Å². The molecule has 16 heavy (non-hydrogen) atoms. The van der Waals surface area contributed by atoms with Crippen LogP contribution < -0.4 is 0 Å². The minimum Gasteiger partial charge on any atom is -0.309 e. The summed E-state index contributed by atoms with van der Waals surface area (Å²) in [6.07, 6.45) is 1.38. The van der Waals surface area contributed by atoms with Crippen LogP contribution in [0.25, 0.3) is 0 Å². The third-order valence-electron chi connectivity index (χ3n) is 2.29. The Morgan fingerprint density at radius 2 is 1.75 bits per heavy atom. The molecule has 6 heteroatoms. The first-order valence-electron chi connectivity index (χ1n) is 5.62. The van der Waals surface area contributed by atoms with Crippen LogP contribution in [0.5, 0.6) is 0 Å². The lowest BCUT2D eigenvalue weighted by Crippen LogP contribution is -2.35. The quantitative estimate of drug-likeness (QED) is 0.592. The molecule has 4 nitrogen and oxygen atoms in total. The van der Waals surface area contributed by atoms with E-state index in [9.17, 15) is 8.42 Å². The molecule has 0 aliphatic rings. The Morgan fingerprint density at radius 1 is 1.12 bits per heavy atom. The van der Waals surface area contributed by atoms with Gasteiger partial charge in [0.1, 0.15) is 0 Å². The van der Waals surface area contributed by atoms with Crippen molar-refractivity contribution >= 4 is 21.6 Å². The van der Waals surface area contributed by atoms with Crippen molar-refractivity contribution in [2.45, 2.75) is 19.8 Å². The van der Waals surface area contributed by atoms with Crippen LogP contribution >= 0.6 is 11.6 Å². The number of nitrogens with zero attached hydrogens (tertiary/aromatic N) is 2. The number of hydrogen-bond acceptors (Lipinski definition) is 3. The third-order valence-corrected chi connectivity index (χ3v) is 4.59. The van der Waals surface area contributed by atoms with Gasteiger partial charge in [-0.1, -0.05) is 6.92 Å². The van der Waals surface area contributed by atoms with Crippen molar-refractivity contribution in [3.63, 3.8) is 0 Å². The lowest BCUT2D eigenvalue weighted by Gasteiger charge is -2.21. The molecule has 0 aromatic carbocycles. The molecule has 0 heterocycles. The zero-order valence-electron chi connectivity index (χ0n) is 10.4. The molecule has 98 valence electrons. The first-order valence-corrected chi connectivity index (χ1v) is 7.77. The van der Waals surface area contributed by atoms with Crippen molar-refractivity contribution in [3.8, 4) is 0 Å². The fourth-order valence-corrected chi connectivity index (χ4v) is 3.28. The van der Waals surface area contributed by atoms with Crippen LogP contribution in [-0.2, 0) is 10.0 Å². The minimum atomic E-state index is -3.10. The standard InChI is InChI=1S/C10H23ClN2O2S/c1-4-13(9-6-8-12(2)3)16(14,15)10-5-7-11/h4-10H2,1-3H3. The van der Waals surface area contributed by atoms with E-state index in [0.29, 0.717) is 25.4 Å². The smallest absolute Gasteiger partial charge is 0.214 e. The van der Waals surface area contributed by atoms with E-state index in [1.807, 2.05) is 21.0 Å². The van der Waals surface area contributed by atoms with E-state index >= 15 is 0 Å². The van der Waals surface area contributed by atoms with Gasteiger partial charge in [0.2, 0.25) is 10.0 Å². The maximum atomic E-state index is 11.9. The van der Waals surface area contributed by atoms with Crippen molar-refractivity contribution < 1.29 is 8.42 Å². The Bertz CT molecular complexity index is 268. The first-order chi connectivity index (χ1) is 7.44. The number of sulfonamides is 1. The highest BCUT2D eigenvalue weighted by Gasteiger charge is 2.19. The predicted molar refractivity (Wildman–Crippen MR) is 69.5 cm³/mol. The summed E-state index contributed by atoms with van der Waals surface area (Å²) in [6, 6.07) is 0. The molecule has 0 radical (unpaired) electrons. The normalized spacial score (nSPS) is 12.6. The van der Waals surface area contributed by atoms with Crippen molar-refractivity contribution in [2.24, 2.45) is 0 Å². The third kappa shape index (κ3) is 6.68. The highest BCUT2D eigenvalue weighted by atomic mass is 35.5. The van der Waals surface area contributed by atoms with E-state index in [0.717, 1.165) is 13.0 Å². The van der Waals surface area contributed by atoms with Gasteiger partial charge in [-0.3, -0.25) is 0 Å². The average molecular weight is 271 g/mol. The molecule has 0 amide bonds. The maximum Gasteiger partial charge on any atom is 0.214 e. The second-order valence-corrected chi connectivity index (χ2v) is 6.47. The minimum absolute atomic E-state index is 0.159. The SMILES string of the molecule is CCN(CCCN(C)C)S(=O)(=O)CCCCl. The van der Waals surface area contributed by atoms with Gasteiger partial charge >= 0.3 is 0 Å². The Kier molecular flexibility index (Phi) is 8.36. The molecule has 0 atom stereocenters. The highest BCUT2D eigenvalue weighted by Crippen LogP contribution is 2.05. The summed E-state index contributed by atoms with van der Waals surface area (Å²) in [5.74, 6) is 0.556. The second-order valence-electron chi connectivity index (χ2n) is 4.01. The fraction of sp³-hybridized carbons (Fsp3) is 1.00. The van der Waals surface area contributed by atoms with Gasteiger partial charge in [0.05, 0.1) is 5.75 Å². The van der Waals surface area contributed by atoms with Crippen LogP contribution in [-0.4, -0.2) is 63.0 Å². The van der Waals surface area contributed by atoms with Gasteiger partial charge in [-0.2, -0.15) is 0 Å². The molecule has 0 fully saturated rings. The lowest BCUT2D eigenvalue weighted by atomic mass is 10.4. The molecule has 0 rings (SSSR count). The molecular weight excluding hydrogens is 248 g/mol. The summed E-state index contributed by atoms with van der Waals surface area (Å²) in [5.41, 5.74) is 0. The molecule has 0 aromatic heterocycles. The van der Waals surface area contributed by atoms with E-state index in [2.05, 4.69) is 4.90 Å². The highest BCUT2D eigenvalue weighted by molar-refractivity contribution is 7.89. The molecular formula is C10H23ClN2O2S. The molecule has 0 aliphatic carbocycles. The van der Waals surface area contributed by atoms with Crippen molar-refractivity contribution in [3.05, 3.63) is 0 Å². The zero-order valence-corrected chi connectivity index (χ0v) is 12.0. The summed E-state index contributed by atoms with van der Waals surface area (Å²) >= 11 is 5.51. The van der Waals surface area contributed by atoms with E-state index in [4.69, 9.17) is 11.6 Å². The summed E-state index contributed by atoms with van der Waals surface area (Å²) in [7, 11) is 0.867. The van der Waals surface area contributed by atoms with Gasteiger partial charge in [0, 0.05) is 19.0 Å². The van der Waals surface area contributed by atoms with E-state index in [-0.39, 0.29) is 5.75 Å². The fourth-order valence-electron chi connectivity index (χ4n) is 1.42. The molecule has 0 N–H and O–H groups in total. The second kappa shape index (κ2) is 8.28. The number of alkyl halides is 1. The Hall–Kier alpha value is 0.160. The molecule has 0 aliphatic heterocycles. The number of hydrogen-bond donors (Lipinski definition) is 0. The Balaban J connectivity index is 4.15. The summed E-state index contributed by atoms with van der Waals surface area (Å²) in [6.45, 7) is 3.91. The molecule has 0 unspecified atom stereocenters. The molecule has 0 saturated carbocycles. The van der Waals surface area contributed by atoms with Gasteiger partial charge in [-0.15, -0.1) is 11.6 Å². The average Bonchev–Trinajstić information content (AvgIpc) is 2.21. The summed E-state index contributed by atoms with van der Waals surface area (Å²) in [5, 5.41) is 0. The molecule has 0 spiro atoms. The van der Waals surface area contributed by atoms with Crippen LogP contribution in [0, 0.1) is 0 Å². The maximum absolute atomic E-state index is 11.9. The lowest BCUT2D eigenvalue weighted by molar-refractivity contribution is 0.356. The summed E-state index contributed by atoms with van der Waals surface area (Å²) < 4.78 is 25.2. The van der Waals surface area contributed by atoms with E-state index in [1.165, 1.54) is 0 Å². The first kappa shape index (κ1) is 16.2. The van der Waals surface area contributed by atoms with E-state index in [1.54, 1.807) is 4.31 Å². The Labute approximate surface area is 105 Å². The predicted octanol–water partition coefficient (Wildman–Crippen LogP) is 1.22. The van der Waals surface area contributed by atoms with Gasteiger partial charge in [-0.25, -0.2) is 12.7 Å². The van der Waals surface area contributed by atoms with Gasteiger partial charge in [-0.05, 0) is 33.5 Å². The van der Waals surface area contributed by atoms with Crippen LogP contribution in [0.15, 0.2) is 0 Å². The van der Waals surface area contributed by atoms with Crippen molar-refractivity contribution in [1.82, 2.24) is 9.21 Å². The molecule has 0 saturated heterocycles. The number of halogens is 1. The molecule has 0 bridgehead atoms. The van der Waals surface area contributed by atoms with Crippen molar-refractivity contribution in [2.75, 3.05) is 45.4 Å². The van der Waals surface area contributed by atoms with E-state index < -0.39 is 10.0 Å². The number of rotatable bonds is 9. The van der Waals surface area contributed by atoms with Gasteiger partial charge in [0.25, 0.3) is 0 Å². The van der Waals surface area contributed by atoms with Crippen LogP contribution in [0.3, 0.4) is 0 Å². The summed E-state index contributed by atoms with van der Waals surface area (Å²) in [4.78, 5) is 2.05. The van der Waals surface area contributed by atoms with Crippen LogP contribution in [0.4, 0.5) is 0 Å². The molecule has 0 aromatic rings. The topological polar surface area (TPSA) is 40.6 Å². The van der Waals surface area contributed by atoms with Crippen molar-refractivity contribution in [1.29, 1.82) is 0 Å². The van der Waals surface area contributed by atoms with Crippen LogP contribution in [0.2, 0.25) is 0 Å². The zero-order chi connectivity index (χ0) is 12.6. The van der Waals surface area contributed by atoms with Gasteiger partial charge in [0.15, 0.2) is 0 Å². The van der Waals surface area contributed by atoms with Gasteiger partial charge < -0.3 is 4.90 Å². The monoisotopic (exact) mass is 270 g/mol. The Morgan fingerprint density at radius 3 is 2.19 bits per heavy atom. The largest absolute Gasteiger partial charge is 0.309 e.